The van der Waals surface area contributed by atoms with Gasteiger partial charge in [-0.2, -0.15) is 0 Å². The van der Waals surface area contributed by atoms with Crippen LogP contribution in [0, 0.1) is 11.7 Å². The third kappa shape index (κ3) is 2.85. The minimum Gasteiger partial charge on any atom is -0.486 e. The Morgan fingerprint density at radius 1 is 1.19 bits per heavy atom. The summed E-state index contributed by atoms with van der Waals surface area (Å²) in [5.41, 5.74) is 0.600. The summed E-state index contributed by atoms with van der Waals surface area (Å²) in [5, 5.41) is 9.55. The van der Waals surface area contributed by atoms with Crippen LogP contribution >= 0.6 is 0 Å². The molecule has 116 valence electrons. The van der Waals surface area contributed by atoms with Crippen LogP contribution in [0.25, 0.3) is 0 Å². The van der Waals surface area contributed by atoms with Gasteiger partial charge in [-0.1, -0.05) is 6.92 Å². The van der Waals surface area contributed by atoms with Crippen molar-refractivity contribution in [3.8, 4) is 11.5 Å². The Bertz CT molecular complexity index is 503. The van der Waals surface area contributed by atoms with Gasteiger partial charge in [0.1, 0.15) is 19.0 Å². The van der Waals surface area contributed by atoms with Gasteiger partial charge >= 0.3 is 0 Å². The molecule has 1 saturated heterocycles. The molecule has 0 aliphatic carbocycles. The molecule has 0 aromatic heterocycles. The van der Waals surface area contributed by atoms with Crippen molar-refractivity contribution in [1.82, 2.24) is 4.90 Å². The summed E-state index contributed by atoms with van der Waals surface area (Å²) in [4.78, 5) is 2.26. The van der Waals surface area contributed by atoms with E-state index in [-0.39, 0.29) is 24.4 Å². The number of rotatable bonds is 4. The van der Waals surface area contributed by atoms with Gasteiger partial charge in [0.2, 0.25) is 0 Å². The van der Waals surface area contributed by atoms with E-state index in [2.05, 4.69) is 4.90 Å². The quantitative estimate of drug-likeness (QED) is 0.926. The normalized spacial score (nSPS) is 21.3. The lowest BCUT2D eigenvalue weighted by atomic mass is 9.92. The van der Waals surface area contributed by atoms with Gasteiger partial charge in [-0.05, 0) is 37.9 Å². The lowest BCUT2D eigenvalue weighted by molar-refractivity contribution is 0.122. The second kappa shape index (κ2) is 6.20. The van der Waals surface area contributed by atoms with Crippen molar-refractivity contribution < 1.29 is 19.0 Å². The van der Waals surface area contributed by atoms with Gasteiger partial charge in [0.15, 0.2) is 11.5 Å². The highest BCUT2D eigenvalue weighted by Gasteiger charge is 2.31. The minimum atomic E-state index is -0.281. The second-order valence-corrected chi connectivity index (χ2v) is 5.87. The summed E-state index contributed by atoms with van der Waals surface area (Å²) in [6.07, 6.45) is 2.25. The molecule has 5 heteroatoms. The number of fused-ring (bicyclic) bond motifs is 1. The summed E-state index contributed by atoms with van der Waals surface area (Å²) in [6, 6.07) is 3.05. The average molecular weight is 295 g/mol. The van der Waals surface area contributed by atoms with Crippen LogP contribution in [-0.4, -0.2) is 42.9 Å². The Morgan fingerprint density at radius 2 is 1.81 bits per heavy atom. The van der Waals surface area contributed by atoms with Gasteiger partial charge in [-0.25, -0.2) is 4.39 Å². The van der Waals surface area contributed by atoms with Gasteiger partial charge in [0.05, 0.1) is 0 Å². The van der Waals surface area contributed by atoms with Crippen LogP contribution in [0.4, 0.5) is 4.39 Å². The van der Waals surface area contributed by atoms with E-state index in [0.717, 1.165) is 25.9 Å². The third-order valence-corrected chi connectivity index (χ3v) is 4.34. The Balaban J connectivity index is 1.97. The van der Waals surface area contributed by atoms with E-state index in [1.165, 1.54) is 6.07 Å². The molecule has 2 aliphatic rings. The van der Waals surface area contributed by atoms with Crippen LogP contribution in [-0.2, 0) is 0 Å². The van der Waals surface area contributed by atoms with E-state index in [1.54, 1.807) is 6.07 Å². The van der Waals surface area contributed by atoms with Crippen LogP contribution in [0.5, 0.6) is 11.5 Å². The topological polar surface area (TPSA) is 41.9 Å². The fourth-order valence-corrected chi connectivity index (χ4v) is 3.29. The van der Waals surface area contributed by atoms with Crippen LogP contribution in [0.15, 0.2) is 12.1 Å². The molecule has 0 amide bonds. The fraction of sp³-hybridized carbons (Fsp3) is 0.625. The first kappa shape index (κ1) is 14.6. The summed E-state index contributed by atoms with van der Waals surface area (Å²) < 4.78 is 25.5. The molecule has 21 heavy (non-hydrogen) atoms. The van der Waals surface area contributed by atoms with E-state index in [4.69, 9.17) is 9.47 Å². The largest absolute Gasteiger partial charge is 0.486 e. The molecule has 1 aromatic carbocycles. The number of halogens is 1. The number of aliphatic hydroxyl groups excluding tert-OH is 1. The van der Waals surface area contributed by atoms with E-state index in [9.17, 15) is 9.50 Å². The van der Waals surface area contributed by atoms with Crippen molar-refractivity contribution >= 4 is 0 Å². The zero-order valence-corrected chi connectivity index (χ0v) is 12.3. The van der Waals surface area contributed by atoms with E-state index in [1.807, 2.05) is 6.92 Å². The number of nitrogens with zero attached hydrogens (tertiary/aromatic N) is 1. The second-order valence-electron chi connectivity index (χ2n) is 5.87. The molecule has 1 fully saturated rings. The maximum Gasteiger partial charge on any atom is 0.164 e. The maximum atomic E-state index is 14.5. The molecule has 4 nitrogen and oxygen atoms in total. The monoisotopic (exact) mass is 295 g/mol. The first-order chi connectivity index (χ1) is 10.2. The summed E-state index contributed by atoms with van der Waals surface area (Å²) in [6.45, 7) is 4.83. The van der Waals surface area contributed by atoms with Crippen molar-refractivity contribution in [2.75, 3.05) is 32.9 Å². The molecular formula is C16H22FNO3. The molecular weight excluding hydrogens is 273 g/mol. The van der Waals surface area contributed by atoms with Gasteiger partial charge in [0.25, 0.3) is 0 Å². The molecule has 1 aromatic rings. The number of hydrogen-bond donors (Lipinski definition) is 1. The van der Waals surface area contributed by atoms with E-state index in [0.29, 0.717) is 30.3 Å². The molecule has 2 aliphatic heterocycles. The molecule has 2 atom stereocenters. The van der Waals surface area contributed by atoms with Gasteiger partial charge < -0.3 is 14.6 Å². The zero-order valence-electron chi connectivity index (χ0n) is 12.3. The molecule has 3 rings (SSSR count). The van der Waals surface area contributed by atoms with Crippen LogP contribution < -0.4 is 9.47 Å². The van der Waals surface area contributed by atoms with Crippen LogP contribution in [0.1, 0.15) is 31.4 Å². The van der Waals surface area contributed by atoms with Crippen molar-refractivity contribution in [3.63, 3.8) is 0 Å². The Labute approximate surface area is 124 Å². The third-order valence-electron chi connectivity index (χ3n) is 4.34. The average Bonchev–Trinajstić information content (AvgIpc) is 3.01. The zero-order chi connectivity index (χ0) is 14.8. The number of likely N-dealkylation sites (tertiary alicyclic amines) is 1. The molecule has 2 heterocycles. The van der Waals surface area contributed by atoms with Gasteiger partial charge in [-0.15, -0.1) is 0 Å². The Kier molecular flexibility index (Phi) is 4.31. The molecule has 1 N–H and O–H groups in total. The summed E-state index contributed by atoms with van der Waals surface area (Å²) in [5.74, 6) is 0.767. The molecule has 0 bridgehead atoms. The Morgan fingerprint density at radius 3 is 2.43 bits per heavy atom. The number of benzene rings is 1. The lowest BCUT2D eigenvalue weighted by Gasteiger charge is -2.33. The van der Waals surface area contributed by atoms with Crippen molar-refractivity contribution in [2.45, 2.75) is 25.8 Å². The Hall–Kier alpha value is -1.33. The first-order valence-electron chi connectivity index (χ1n) is 7.64. The number of aliphatic hydroxyl groups is 1. The van der Waals surface area contributed by atoms with E-state index < -0.39 is 0 Å². The summed E-state index contributed by atoms with van der Waals surface area (Å²) in [7, 11) is 0. The number of hydrogen-bond acceptors (Lipinski definition) is 4. The van der Waals surface area contributed by atoms with Crippen molar-refractivity contribution in [1.29, 1.82) is 0 Å². The first-order valence-corrected chi connectivity index (χ1v) is 7.64. The van der Waals surface area contributed by atoms with Gasteiger partial charge in [-0.3, -0.25) is 4.90 Å². The molecule has 2 unspecified atom stereocenters. The number of ether oxygens (including phenoxy) is 2. The highest BCUT2D eigenvalue weighted by atomic mass is 19.1. The lowest BCUT2D eigenvalue weighted by Crippen LogP contribution is -2.32. The highest BCUT2D eigenvalue weighted by molar-refractivity contribution is 5.45. The van der Waals surface area contributed by atoms with Crippen LogP contribution in [0.2, 0.25) is 0 Å². The van der Waals surface area contributed by atoms with Gasteiger partial charge in [0, 0.05) is 24.3 Å². The minimum absolute atomic E-state index is 0.0276. The van der Waals surface area contributed by atoms with E-state index >= 15 is 0 Å². The predicted molar refractivity (Wildman–Crippen MR) is 77.2 cm³/mol. The molecule has 0 radical (unpaired) electrons. The maximum absolute atomic E-state index is 14.5. The highest BCUT2D eigenvalue weighted by Crippen LogP contribution is 2.39. The molecule has 0 saturated carbocycles. The smallest absolute Gasteiger partial charge is 0.164 e. The van der Waals surface area contributed by atoms with Crippen molar-refractivity contribution in [2.24, 2.45) is 5.92 Å². The SMILES string of the molecule is CC(CO)C(c1cc2c(cc1F)OCCO2)N1CCCC1. The standard InChI is InChI=1S/C16H22FNO3/c1-11(10-19)16(18-4-2-3-5-18)12-8-14-15(9-13(12)17)21-7-6-20-14/h8-9,11,16,19H,2-7,10H2,1H3. The van der Waals surface area contributed by atoms with Crippen LogP contribution in [0.3, 0.4) is 0 Å². The summed E-state index contributed by atoms with van der Waals surface area (Å²) >= 11 is 0. The molecule has 0 spiro atoms. The fourth-order valence-electron chi connectivity index (χ4n) is 3.29. The van der Waals surface area contributed by atoms with Crippen molar-refractivity contribution in [3.05, 3.63) is 23.5 Å². The predicted octanol–water partition coefficient (Wildman–Crippen LogP) is 2.36.